The molecule has 0 amide bonds. The number of aliphatic imine (C=N–C) groups is 1. The van der Waals surface area contributed by atoms with Crippen molar-refractivity contribution in [2.75, 3.05) is 47.6 Å². The van der Waals surface area contributed by atoms with Gasteiger partial charge in [-0.1, -0.05) is 24.3 Å². The summed E-state index contributed by atoms with van der Waals surface area (Å²) in [6.45, 7) is 4.12. The molecule has 0 fully saturated rings. The van der Waals surface area contributed by atoms with Gasteiger partial charge in [0.2, 0.25) is 0 Å². The van der Waals surface area contributed by atoms with Gasteiger partial charge in [0.1, 0.15) is 0 Å². The van der Waals surface area contributed by atoms with Crippen LogP contribution in [0, 0.1) is 0 Å². The number of ether oxygens (including phenoxy) is 3. The van der Waals surface area contributed by atoms with Crippen LogP contribution in [0.5, 0.6) is 0 Å². The van der Waals surface area contributed by atoms with Crippen LogP contribution < -0.4 is 10.6 Å². The van der Waals surface area contributed by atoms with E-state index in [2.05, 4.69) is 27.8 Å². The SMILES string of the molecule is CN=C(NCCCOCCOC)NCc1ccccc1COC.I. The molecule has 0 aliphatic carbocycles. The second kappa shape index (κ2) is 15.6. The third kappa shape index (κ3) is 10.1. The van der Waals surface area contributed by atoms with E-state index in [1.807, 2.05) is 12.1 Å². The van der Waals surface area contributed by atoms with Crippen LogP contribution in [0.1, 0.15) is 17.5 Å². The first kappa shape index (κ1) is 23.1. The molecule has 0 radical (unpaired) electrons. The monoisotopic (exact) mass is 451 g/mol. The molecule has 138 valence electrons. The minimum atomic E-state index is 0. The molecule has 1 rings (SSSR count). The molecule has 0 aliphatic heterocycles. The lowest BCUT2D eigenvalue weighted by Gasteiger charge is -2.14. The fourth-order valence-electron chi connectivity index (χ4n) is 2.05. The topological polar surface area (TPSA) is 64.1 Å². The molecule has 6 nitrogen and oxygen atoms in total. The van der Waals surface area contributed by atoms with Crippen LogP contribution in [-0.4, -0.2) is 53.6 Å². The van der Waals surface area contributed by atoms with Gasteiger partial charge in [0.05, 0.1) is 19.8 Å². The Bertz CT molecular complexity index is 458. The van der Waals surface area contributed by atoms with Gasteiger partial charge in [-0.15, -0.1) is 24.0 Å². The summed E-state index contributed by atoms with van der Waals surface area (Å²) < 4.78 is 15.6. The number of benzene rings is 1. The van der Waals surface area contributed by atoms with Crippen molar-refractivity contribution in [1.82, 2.24) is 10.6 Å². The van der Waals surface area contributed by atoms with Gasteiger partial charge in [-0.2, -0.15) is 0 Å². The summed E-state index contributed by atoms with van der Waals surface area (Å²) in [5.41, 5.74) is 2.39. The summed E-state index contributed by atoms with van der Waals surface area (Å²) in [4.78, 5) is 4.23. The number of methoxy groups -OCH3 is 2. The zero-order valence-electron chi connectivity index (χ0n) is 14.8. The lowest BCUT2D eigenvalue weighted by molar-refractivity contribution is 0.0698. The van der Waals surface area contributed by atoms with Crippen molar-refractivity contribution in [3.05, 3.63) is 35.4 Å². The average molecular weight is 451 g/mol. The third-order valence-electron chi connectivity index (χ3n) is 3.28. The molecule has 0 aliphatic rings. The van der Waals surface area contributed by atoms with Gasteiger partial charge >= 0.3 is 0 Å². The third-order valence-corrected chi connectivity index (χ3v) is 3.28. The molecule has 0 aromatic heterocycles. The van der Waals surface area contributed by atoms with Crippen LogP contribution in [-0.2, 0) is 27.4 Å². The second-order valence-electron chi connectivity index (χ2n) is 5.01. The number of nitrogens with zero attached hydrogens (tertiary/aromatic N) is 1. The fraction of sp³-hybridized carbons (Fsp3) is 0.588. The van der Waals surface area contributed by atoms with Crippen LogP contribution >= 0.6 is 24.0 Å². The molecule has 1 aromatic carbocycles. The van der Waals surface area contributed by atoms with Crippen LogP contribution in [0.2, 0.25) is 0 Å². The van der Waals surface area contributed by atoms with E-state index in [1.165, 1.54) is 11.1 Å². The lowest BCUT2D eigenvalue weighted by atomic mass is 10.1. The van der Waals surface area contributed by atoms with Gasteiger partial charge in [0.25, 0.3) is 0 Å². The molecule has 2 N–H and O–H groups in total. The Balaban J connectivity index is 0.00000529. The first-order valence-electron chi connectivity index (χ1n) is 7.88. The molecule has 0 atom stereocenters. The predicted octanol–water partition coefficient (Wildman–Crippen LogP) is 2.17. The average Bonchev–Trinajstić information content (AvgIpc) is 2.58. The Morgan fingerprint density at radius 2 is 1.75 bits per heavy atom. The number of hydrogen-bond donors (Lipinski definition) is 2. The van der Waals surface area contributed by atoms with Crippen LogP contribution in [0.3, 0.4) is 0 Å². The molecular weight excluding hydrogens is 421 g/mol. The molecule has 7 heteroatoms. The van der Waals surface area contributed by atoms with Crippen molar-refractivity contribution in [3.8, 4) is 0 Å². The number of guanidine groups is 1. The van der Waals surface area contributed by atoms with E-state index in [9.17, 15) is 0 Å². The van der Waals surface area contributed by atoms with Gasteiger partial charge in [0.15, 0.2) is 5.96 Å². The summed E-state index contributed by atoms with van der Waals surface area (Å²) in [5.74, 6) is 0.786. The van der Waals surface area contributed by atoms with Crippen molar-refractivity contribution in [1.29, 1.82) is 0 Å². The van der Waals surface area contributed by atoms with Gasteiger partial charge < -0.3 is 24.8 Å². The van der Waals surface area contributed by atoms with Crippen LogP contribution in [0.15, 0.2) is 29.3 Å². The van der Waals surface area contributed by atoms with Crippen molar-refractivity contribution in [2.24, 2.45) is 4.99 Å². The molecule has 0 unspecified atom stereocenters. The Labute approximate surface area is 162 Å². The van der Waals surface area contributed by atoms with Gasteiger partial charge in [-0.3, -0.25) is 4.99 Å². The Hall–Kier alpha value is -0.900. The molecule has 0 bridgehead atoms. The molecule has 0 saturated carbocycles. The Morgan fingerprint density at radius 3 is 2.42 bits per heavy atom. The summed E-state index contributed by atoms with van der Waals surface area (Å²) >= 11 is 0. The summed E-state index contributed by atoms with van der Waals surface area (Å²) in [5, 5.41) is 6.60. The normalized spacial score (nSPS) is 11.0. The van der Waals surface area contributed by atoms with Crippen LogP contribution in [0.4, 0.5) is 0 Å². The first-order valence-corrected chi connectivity index (χ1v) is 7.88. The van der Waals surface area contributed by atoms with Gasteiger partial charge in [0, 0.05) is 41.0 Å². The maximum Gasteiger partial charge on any atom is 0.191 e. The van der Waals surface area contributed by atoms with Crippen LogP contribution in [0.25, 0.3) is 0 Å². The highest BCUT2D eigenvalue weighted by atomic mass is 127. The van der Waals surface area contributed by atoms with E-state index in [-0.39, 0.29) is 24.0 Å². The highest BCUT2D eigenvalue weighted by Gasteiger charge is 2.03. The first-order chi connectivity index (χ1) is 11.3. The summed E-state index contributed by atoms with van der Waals surface area (Å²) in [6, 6.07) is 8.23. The highest BCUT2D eigenvalue weighted by molar-refractivity contribution is 14.0. The van der Waals surface area contributed by atoms with E-state index in [0.29, 0.717) is 33.0 Å². The van der Waals surface area contributed by atoms with Gasteiger partial charge in [-0.25, -0.2) is 0 Å². The fourth-order valence-corrected chi connectivity index (χ4v) is 2.05. The smallest absolute Gasteiger partial charge is 0.191 e. The number of hydrogen-bond acceptors (Lipinski definition) is 4. The zero-order chi connectivity index (χ0) is 16.8. The Morgan fingerprint density at radius 1 is 1.00 bits per heavy atom. The van der Waals surface area contributed by atoms with Gasteiger partial charge in [-0.05, 0) is 17.5 Å². The van der Waals surface area contributed by atoms with E-state index < -0.39 is 0 Å². The quantitative estimate of drug-likeness (QED) is 0.234. The van der Waals surface area contributed by atoms with Crippen molar-refractivity contribution < 1.29 is 14.2 Å². The van der Waals surface area contributed by atoms with Crippen molar-refractivity contribution in [2.45, 2.75) is 19.6 Å². The molecule has 0 saturated heterocycles. The minimum absolute atomic E-state index is 0. The molecule has 24 heavy (non-hydrogen) atoms. The van der Waals surface area contributed by atoms with E-state index in [1.54, 1.807) is 21.3 Å². The second-order valence-corrected chi connectivity index (χ2v) is 5.01. The highest BCUT2D eigenvalue weighted by Crippen LogP contribution is 2.09. The van der Waals surface area contributed by atoms with E-state index >= 15 is 0 Å². The van der Waals surface area contributed by atoms with Crippen molar-refractivity contribution >= 4 is 29.9 Å². The number of nitrogens with one attached hydrogen (secondary N) is 2. The Kier molecular flexibility index (Phi) is 15.0. The van der Waals surface area contributed by atoms with Crippen molar-refractivity contribution in [3.63, 3.8) is 0 Å². The minimum Gasteiger partial charge on any atom is -0.382 e. The lowest BCUT2D eigenvalue weighted by Crippen LogP contribution is -2.37. The molecule has 0 heterocycles. The van der Waals surface area contributed by atoms with E-state index in [0.717, 1.165) is 18.9 Å². The molecule has 1 aromatic rings. The maximum absolute atomic E-state index is 5.42. The van der Waals surface area contributed by atoms with E-state index in [4.69, 9.17) is 14.2 Å². The number of halogens is 1. The summed E-state index contributed by atoms with van der Waals surface area (Å²) in [6.07, 6.45) is 0.921. The number of rotatable bonds is 11. The standard InChI is InChI=1S/C17H29N3O3.HI/c1-18-17(19-9-6-10-23-12-11-21-2)20-13-15-7-4-5-8-16(15)14-22-3;/h4-5,7-8H,6,9-14H2,1-3H3,(H2,18,19,20);1H. The predicted molar refractivity (Wildman–Crippen MR) is 108 cm³/mol. The summed E-state index contributed by atoms with van der Waals surface area (Å²) in [7, 11) is 5.15. The molecular formula is C17H30IN3O3. The zero-order valence-corrected chi connectivity index (χ0v) is 17.2. The molecule has 0 spiro atoms. The largest absolute Gasteiger partial charge is 0.382 e. The maximum atomic E-state index is 5.42.